The number of nitrogens with two attached hydrogens (primary N) is 1. The number of alkyl halides is 2. The number of halogens is 2. The molecule has 1 aromatic heterocycles. The fraction of sp³-hybridized carbons (Fsp3) is 0.296. The molecular formula is C27H29F2N4O2+. The number of nitrogens with one attached hydrogen (secondary N) is 1. The molecule has 3 aromatic rings. The molecule has 2 heterocycles. The number of rotatable bonds is 7. The van der Waals surface area contributed by atoms with Crippen molar-refractivity contribution in [2.24, 2.45) is 0 Å². The van der Waals surface area contributed by atoms with E-state index in [0.717, 1.165) is 16.9 Å². The fourth-order valence-electron chi connectivity index (χ4n) is 4.25. The molecule has 182 valence electrons. The summed E-state index contributed by atoms with van der Waals surface area (Å²) in [5, 5.41) is 10.3. The lowest BCUT2D eigenvalue weighted by Gasteiger charge is -2.33. The number of carbonyl (C=O) groups is 1. The van der Waals surface area contributed by atoms with Gasteiger partial charge in [-0.05, 0) is 49.7 Å². The molecule has 1 saturated heterocycles. The first-order chi connectivity index (χ1) is 16.8. The van der Waals surface area contributed by atoms with E-state index in [1.165, 1.54) is 0 Å². The third-order valence-electron chi connectivity index (χ3n) is 6.05. The Bertz CT molecular complexity index is 1200. The smallest absolute Gasteiger partial charge is 0.357 e. The van der Waals surface area contributed by atoms with Crippen molar-refractivity contribution >= 4 is 28.9 Å². The lowest BCUT2D eigenvalue weighted by molar-refractivity contribution is -0.483. The monoisotopic (exact) mass is 479 g/mol. The number of carbonyl (C=O) groups excluding carboxylic acids is 1. The van der Waals surface area contributed by atoms with Crippen LogP contribution in [0.15, 0.2) is 60.7 Å². The molecule has 0 bridgehead atoms. The summed E-state index contributed by atoms with van der Waals surface area (Å²) in [6.07, 6.45) is -0.310. The summed E-state index contributed by atoms with van der Waals surface area (Å²) in [6.45, 7) is 4.25. The Morgan fingerprint density at radius 3 is 2.37 bits per heavy atom. The molecule has 2 aromatic carbocycles. The minimum absolute atomic E-state index is 0.155. The summed E-state index contributed by atoms with van der Waals surface area (Å²) in [7, 11) is 0. The van der Waals surface area contributed by atoms with Gasteiger partial charge in [-0.25, -0.2) is 13.6 Å². The van der Waals surface area contributed by atoms with Crippen molar-refractivity contribution in [3.05, 3.63) is 71.9 Å². The van der Waals surface area contributed by atoms with E-state index in [1.807, 2.05) is 64.8 Å². The molecule has 1 fully saturated rings. The van der Waals surface area contributed by atoms with Crippen molar-refractivity contribution < 1.29 is 23.6 Å². The maximum atomic E-state index is 13.6. The predicted molar refractivity (Wildman–Crippen MR) is 132 cm³/mol. The van der Waals surface area contributed by atoms with Crippen molar-refractivity contribution in [1.82, 2.24) is 4.98 Å². The van der Waals surface area contributed by atoms with Gasteiger partial charge < -0.3 is 15.0 Å². The van der Waals surface area contributed by atoms with Crippen LogP contribution in [0.2, 0.25) is 0 Å². The van der Waals surface area contributed by atoms with Crippen molar-refractivity contribution in [2.45, 2.75) is 32.6 Å². The van der Waals surface area contributed by atoms with E-state index in [4.69, 9.17) is 10.1 Å². The van der Waals surface area contributed by atoms with Crippen LogP contribution < -0.4 is 10.2 Å². The number of hydrogen-bond donors (Lipinski definition) is 2. The van der Waals surface area contributed by atoms with Crippen LogP contribution in [0.1, 0.15) is 42.7 Å². The average Bonchev–Trinajstić information content (AvgIpc) is 2.84. The topological polar surface area (TPSA) is 82.9 Å². The summed E-state index contributed by atoms with van der Waals surface area (Å²) in [6, 6.07) is 18.8. The van der Waals surface area contributed by atoms with E-state index < -0.39 is 11.9 Å². The van der Waals surface area contributed by atoms with E-state index in [1.54, 1.807) is 19.9 Å². The van der Waals surface area contributed by atoms with Crippen molar-refractivity contribution in [3.8, 4) is 11.1 Å². The van der Waals surface area contributed by atoms with Gasteiger partial charge in [-0.1, -0.05) is 30.3 Å². The molecule has 0 spiro atoms. The Morgan fingerprint density at radius 2 is 1.77 bits per heavy atom. The van der Waals surface area contributed by atoms with E-state index >= 15 is 0 Å². The minimum atomic E-state index is -2.60. The summed E-state index contributed by atoms with van der Waals surface area (Å²) < 4.78 is 32.3. The van der Waals surface area contributed by atoms with Gasteiger partial charge in [0.05, 0.1) is 12.2 Å². The van der Waals surface area contributed by atoms with Crippen LogP contribution in [0, 0.1) is 5.41 Å². The van der Waals surface area contributed by atoms with Gasteiger partial charge in [0.2, 0.25) is 5.82 Å². The largest absolute Gasteiger partial charge is 0.461 e. The highest BCUT2D eigenvalue weighted by molar-refractivity contribution is 6.06. The first-order valence-corrected chi connectivity index (χ1v) is 11.7. The number of esters is 1. The number of ether oxygens (including phenoxy) is 1. The van der Waals surface area contributed by atoms with Crippen LogP contribution in [0.25, 0.3) is 11.1 Å². The van der Waals surface area contributed by atoms with Gasteiger partial charge >= 0.3 is 5.97 Å². The zero-order valence-electron chi connectivity index (χ0n) is 19.9. The van der Waals surface area contributed by atoms with Crippen molar-refractivity contribution in [1.29, 1.82) is 5.41 Å². The van der Waals surface area contributed by atoms with E-state index in [-0.39, 0.29) is 25.1 Å². The highest BCUT2D eigenvalue weighted by atomic mass is 19.3. The Balaban J connectivity index is 1.75. The normalized spacial score (nSPS) is 15.0. The third kappa shape index (κ3) is 5.71. The van der Waals surface area contributed by atoms with E-state index in [0.29, 0.717) is 35.7 Å². The molecule has 1 aliphatic heterocycles. The molecule has 1 aliphatic rings. The number of pyridine rings is 1. The zero-order chi connectivity index (χ0) is 25.0. The number of piperidine rings is 1. The minimum Gasteiger partial charge on any atom is -0.461 e. The second-order valence-electron chi connectivity index (χ2n) is 8.61. The SMILES string of the molecule is CCOC(=O)c1cc(-c2ccc(N3CCC(F)(F)CC3)cc2)c(C(C)=N)c([NH2+]c2ccccc2)n1. The van der Waals surface area contributed by atoms with E-state index in [9.17, 15) is 13.6 Å². The van der Waals surface area contributed by atoms with Gasteiger partial charge in [0.15, 0.2) is 5.69 Å². The van der Waals surface area contributed by atoms with Gasteiger partial charge in [0, 0.05) is 42.9 Å². The molecule has 0 unspecified atom stereocenters. The molecule has 4 rings (SSSR count). The zero-order valence-corrected chi connectivity index (χ0v) is 19.9. The van der Waals surface area contributed by atoms with Crippen LogP contribution >= 0.6 is 0 Å². The fourth-order valence-corrected chi connectivity index (χ4v) is 4.25. The molecule has 0 aliphatic carbocycles. The van der Waals surface area contributed by atoms with Gasteiger partial charge in [-0.2, -0.15) is 4.98 Å². The molecule has 35 heavy (non-hydrogen) atoms. The summed E-state index contributed by atoms with van der Waals surface area (Å²) in [4.78, 5) is 19.1. The molecule has 6 nitrogen and oxygen atoms in total. The lowest BCUT2D eigenvalue weighted by Crippen LogP contribution is -2.72. The first kappa shape index (κ1) is 24.5. The summed E-state index contributed by atoms with van der Waals surface area (Å²) in [5.41, 5.74) is 4.35. The lowest BCUT2D eigenvalue weighted by atomic mass is 9.96. The number of benzene rings is 2. The third-order valence-corrected chi connectivity index (χ3v) is 6.05. The number of quaternary nitrogens is 1. The molecule has 3 N–H and O–H groups in total. The van der Waals surface area contributed by atoms with Crippen LogP contribution in [0.3, 0.4) is 0 Å². The van der Waals surface area contributed by atoms with Gasteiger partial charge in [-0.3, -0.25) is 5.32 Å². The average molecular weight is 480 g/mol. The van der Waals surface area contributed by atoms with Crippen molar-refractivity contribution in [2.75, 3.05) is 24.6 Å². The Kier molecular flexibility index (Phi) is 7.21. The molecule has 8 heteroatoms. The molecular weight excluding hydrogens is 450 g/mol. The molecule has 0 amide bonds. The quantitative estimate of drug-likeness (QED) is 0.281. The number of aromatic nitrogens is 1. The standard InChI is InChI=1S/C27H28F2N4O2/c1-3-35-26(34)23-17-22(24(18(2)30)25(32-23)31-20-7-5-4-6-8-20)19-9-11-21(12-10-19)33-15-13-27(28,29)14-16-33/h4-12,17,30H,3,13-16H2,1-2H3,(H,31,32)/p+1. The summed E-state index contributed by atoms with van der Waals surface area (Å²) >= 11 is 0. The van der Waals surface area contributed by atoms with Crippen LogP contribution in [0.5, 0.6) is 0 Å². The first-order valence-electron chi connectivity index (χ1n) is 11.7. The Morgan fingerprint density at radius 1 is 1.11 bits per heavy atom. The second kappa shape index (κ2) is 10.3. The number of anilines is 1. The summed E-state index contributed by atoms with van der Waals surface area (Å²) in [5.74, 6) is -2.62. The highest BCUT2D eigenvalue weighted by Crippen LogP contribution is 2.33. The Labute approximate surface area is 203 Å². The number of nitrogens with zero attached hydrogens (tertiary/aromatic N) is 2. The van der Waals surface area contributed by atoms with Crippen LogP contribution in [-0.2, 0) is 4.74 Å². The maximum Gasteiger partial charge on any atom is 0.357 e. The highest BCUT2D eigenvalue weighted by Gasteiger charge is 2.34. The molecule has 0 atom stereocenters. The second-order valence-corrected chi connectivity index (χ2v) is 8.61. The van der Waals surface area contributed by atoms with Gasteiger partial charge in [0.1, 0.15) is 5.69 Å². The molecule has 0 saturated carbocycles. The number of hydrogen-bond acceptors (Lipinski definition) is 5. The van der Waals surface area contributed by atoms with Crippen molar-refractivity contribution in [3.63, 3.8) is 0 Å². The van der Waals surface area contributed by atoms with Crippen LogP contribution in [0.4, 0.5) is 26.0 Å². The predicted octanol–water partition coefficient (Wildman–Crippen LogP) is 5.08. The van der Waals surface area contributed by atoms with E-state index in [2.05, 4.69) is 4.98 Å². The Hall–Kier alpha value is -3.65. The van der Waals surface area contributed by atoms with Gasteiger partial charge in [0.25, 0.3) is 5.92 Å². The van der Waals surface area contributed by atoms with Crippen LogP contribution in [-0.4, -0.2) is 42.3 Å². The van der Waals surface area contributed by atoms with Gasteiger partial charge in [-0.15, -0.1) is 0 Å². The molecule has 0 radical (unpaired) electrons. The maximum absolute atomic E-state index is 13.6. The number of para-hydroxylation sites is 1.